The molecule has 2 atom stereocenters. The number of aliphatic hydroxyl groups is 2. The van der Waals surface area contributed by atoms with E-state index in [0.717, 1.165) is 10.9 Å². The Bertz CT molecular complexity index is 571. The van der Waals surface area contributed by atoms with Crippen molar-refractivity contribution in [3.63, 3.8) is 0 Å². The van der Waals surface area contributed by atoms with Crippen LogP contribution >= 0.6 is 0 Å². The molecule has 1 heterocycles. The predicted octanol–water partition coefficient (Wildman–Crippen LogP) is 0.393. The summed E-state index contributed by atoms with van der Waals surface area (Å²) in [6.45, 7) is -0.0220. The number of H-pyrrole nitrogens is 1. The zero-order valence-corrected chi connectivity index (χ0v) is 9.09. The molecule has 17 heavy (non-hydrogen) atoms. The second kappa shape index (κ2) is 4.55. The molecule has 0 saturated heterocycles. The fourth-order valence-electron chi connectivity index (χ4n) is 1.79. The molecule has 0 aliphatic rings. The van der Waals surface area contributed by atoms with E-state index >= 15 is 0 Å². The molecular formula is C12H13N3O2. The molecule has 0 saturated carbocycles. The highest BCUT2D eigenvalue weighted by Crippen LogP contribution is 2.26. The van der Waals surface area contributed by atoms with Crippen LogP contribution in [0.1, 0.15) is 17.2 Å². The van der Waals surface area contributed by atoms with E-state index in [9.17, 15) is 10.2 Å². The SMILES string of the molecule is N#Cc1ccc2[nH]cc(C(O)C(O)CN)c2c1. The van der Waals surface area contributed by atoms with E-state index in [0.29, 0.717) is 11.1 Å². The van der Waals surface area contributed by atoms with Crippen LogP contribution < -0.4 is 5.73 Å². The van der Waals surface area contributed by atoms with Gasteiger partial charge in [0.05, 0.1) is 17.7 Å². The summed E-state index contributed by atoms with van der Waals surface area (Å²) in [5.41, 5.74) is 7.17. The number of rotatable bonds is 3. The van der Waals surface area contributed by atoms with Crippen LogP contribution in [0.15, 0.2) is 24.4 Å². The zero-order valence-electron chi connectivity index (χ0n) is 9.09. The number of hydrogen-bond donors (Lipinski definition) is 4. The van der Waals surface area contributed by atoms with Crippen LogP contribution in [0, 0.1) is 11.3 Å². The molecule has 5 N–H and O–H groups in total. The lowest BCUT2D eigenvalue weighted by atomic mass is 10.0. The van der Waals surface area contributed by atoms with Crippen LogP contribution in [0.4, 0.5) is 0 Å². The fraction of sp³-hybridized carbons (Fsp3) is 0.250. The minimum absolute atomic E-state index is 0.0220. The van der Waals surface area contributed by atoms with Crippen LogP contribution in [-0.2, 0) is 0 Å². The largest absolute Gasteiger partial charge is 0.389 e. The van der Waals surface area contributed by atoms with Crippen molar-refractivity contribution in [2.75, 3.05) is 6.54 Å². The number of fused-ring (bicyclic) bond motifs is 1. The van der Waals surface area contributed by atoms with Crippen molar-refractivity contribution in [1.29, 1.82) is 5.26 Å². The van der Waals surface area contributed by atoms with Gasteiger partial charge < -0.3 is 20.9 Å². The molecule has 0 spiro atoms. The Morgan fingerprint density at radius 3 is 2.82 bits per heavy atom. The molecule has 1 aromatic carbocycles. The van der Waals surface area contributed by atoms with Crippen molar-refractivity contribution in [3.8, 4) is 6.07 Å². The number of nitrogens with one attached hydrogen (secondary N) is 1. The minimum atomic E-state index is -1.05. The molecule has 2 aromatic rings. The molecule has 2 unspecified atom stereocenters. The first kappa shape index (κ1) is 11.6. The Hall–Kier alpha value is -1.87. The zero-order chi connectivity index (χ0) is 12.4. The lowest BCUT2D eigenvalue weighted by molar-refractivity contribution is 0.0252. The number of aromatic nitrogens is 1. The van der Waals surface area contributed by atoms with E-state index in [4.69, 9.17) is 11.0 Å². The first-order valence-electron chi connectivity index (χ1n) is 5.24. The summed E-state index contributed by atoms with van der Waals surface area (Å²) in [4.78, 5) is 2.98. The summed E-state index contributed by atoms with van der Waals surface area (Å²) in [6.07, 6.45) is -0.447. The van der Waals surface area contributed by atoms with E-state index < -0.39 is 12.2 Å². The Morgan fingerprint density at radius 1 is 1.41 bits per heavy atom. The Labute approximate surface area is 98.1 Å². The smallest absolute Gasteiger partial charge is 0.108 e. The number of aliphatic hydroxyl groups excluding tert-OH is 2. The molecule has 2 rings (SSSR count). The number of aromatic amines is 1. The molecule has 0 aliphatic heterocycles. The highest BCUT2D eigenvalue weighted by Gasteiger charge is 2.20. The molecule has 1 aromatic heterocycles. The minimum Gasteiger partial charge on any atom is -0.389 e. The van der Waals surface area contributed by atoms with Gasteiger partial charge in [-0.3, -0.25) is 0 Å². The van der Waals surface area contributed by atoms with E-state index in [-0.39, 0.29) is 6.54 Å². The first-order chi connectivity index (χ1) is 8.17. The summed E-state index contributed by atoms with van der Waals surface area (Å²) in [7, 11) is 0. The number of nitriles is 1. The van der Waals surface area contributed by atoms with Crippen LogP contribution in [0.25, 0.3) is 10.9 Å². The number of hydrogen-bond acceptors (Lipinski definition) is 4. The van der Waals surface area contributed by atoms with Gasteiger partial charge in [0, 0.05) is 29.2 Å². The van der Waals surface area contributed by atoms with Gasteiger partial charge in [-0.1, -0.05) is 0 Å². The number of nitrogens with zero attached hydrogens (tertiary/aromatic N) is 1. The quantitative estimate of drug-likeness (QED) is 0.613. The van der Waals surface area contributed by atoms with Gasteiger partial charge >= 0.3 is 0 Å². The lowest BCUT2D eigenvalue weighted by Gasteiger charge is -2.15. The van der Waals surface area contributed by atoms with Gasteiger partial charge in [0.15, 0.2) is 0 Å². The van der Waals surface area contributed by atoms with Gasteiger partial charge in [-0.15, -0.1) is 0 Å². The van der Waals surface area contributed by atoms with E-state index in [1.807, 2.05) is 6.07 Å². The second-order valence-corrected chi connectivity index (χ2v) is 3.86. The van der Waals surface area contributed by atoms with Gasteiger partial charge in [0.2, 0.25) is 0 Å². The second-order valence-electron chi connectivity index (χ2n) is 3.86. The third-order valence-electron chi connectivity index (χ3n) is 2.77. The third kappa shape index (κ3) is 2.01. The standard InChI is InChI=1S/C12H13N3O2/c13-4-7-1-2-10-8(3-7)9(6-15-10)12(17)11(16)5-14/h1-3,6,11-12,15-17H,5,14H2. The molecule has 5 heteroatoms. The third-order valence-corrected chi connectivity index (χ3v) is 2.77. The molecule has 0 fully saturated rings. The maximum absolute atomic E-state index is 9.91. The fourth-order valence-corrected chi connectivity index (χ4v) is 1.79. The summed E-state index contributed by atoms with van der Waals surface area (Å²) < 4.78 is 0. The van der Waals surface area contributed by atoms with Crippen molar-refractivity contribution < 1.29 is 10.2 Å². The van der Waals surface area contributed by atoms with Crippen molar-refractivity contribution in [2.45, 2.75) is 12.2 Å². The van der Waals surface area contributed by atoms with E-state index in [1.165, 1.54) is 0 Å². The average Bonchev–Trinajstić information content (AvgIpc) is 2.79. The molecule has 0 aliphatic carbocycles. The topological polar surface area (TPSA) is 106 Å². The van der Waals surface area contributed by atoms with Crippen molar-refractivity contribution >= 4 is 10.9 Å². The van der Waals surface area contributed by atoms with Crippen LogP contribution in [0.2, 0.25) is 0 Å². The monoisotopic (exact) mass is 231 g/mol. The summed E-state index contributed by atoms with van der Waals surface area (Å²) in [5, 5.41) is 29.0. The lowest BCUT2D eigenvalue weighted by Crippen LogP contribution is -2.27. The maximum atomic E-state index is 9.91. The maximum Gasteiger partial charge on any atom is 0.108 e. The molecule has 0 amide bonds. The predicted molar refractivity (Wildman–Crippen MR) is 63.0 cm³/mol. The first-order valence-corrected chi connectivity index (χ1v) is 5.24. The molecule has 88 valence electrons. The van der Waals surface area contributed by atoms with Crippen LogP contribution in [0.5, 0.6) is 0 Å². The normalized spacial score (nSPS) is 14.5. The number of nitrogens with two attached hydrogens (primary N) is 1. The Kier molecular flexibility index (Phi) is 3.11. The van der Waals surface area contributed by atoms with Gasteiger partial charge in [-0.2, -0.15) is 5.26 Å². The van der Waals surface area contributed by atoms with Crippen molar-refractivity contribution in [1.82, 2.24) is 4.98 Å². The molecule has 0 bridgehead atoms. The summed E-state index contributed by atoms with van der Waals surface area (Å²) >= 11 is 0. The summed E-state index contributed by atoms with van der Waals surface area (Å²) in [6, 6.07) is 7.16. The molecular weight excluding hydrogens is 218 g/mol. The van der Waals surface area contributed by atoms with E-state index in [1.54, 1.807) is 24.4 Å². The molecule has 5 nitrogen and oxygen atoms in total. The van der Waals surface area contributed by atoms with Crippen LogP contribution in [0.3, 0.4) is 0 Å². The average molecular weight is 231 g/mol. The highest BCUT2D eigenvalue weighted by atomic mass is 16.3. The van der Waals surface area contributed by atoms with Gasteiger partial charge in [0.25, 0.3) is 0 Å². The van der Waals surface area contributed by atoms with Gasteiger partial charge in [-0.05, 0) is 18.2 Å². The number of benzene rings is 1. The van der Waals surface area contributed by atoms with Crippen LogP contribution in [-0.4, -0.2) is 27.8 Å². The summed E-state index contributed by atoms with van der Waals surface area (Å²) in [5.74, 6) is 0. The van der Waals surface area contributed by atoms with Gasteiger partial charge in [-0.25, -0.2) is 0 Å². The van der Waals surface area contributed by atoms with E-state index in [2.05, 4.69) is 4.98 Å². The Balaban J connectivity index is 2.51. The van der Waals surface area contributed by atoms with Crippen molar-refractivity contribution in [2.24, 2.45) is 5.73 Å². The molecule has 0 radical (unpaired) electrons. The van der Waals surface area contributed by atoms with Gasteiger partial charge in [0.1, 0.15) is 6.10 Å². The highest BCUT2D eigenvalue weighted by molar-refractivity contribution is 5.84. The Morgan fingerprint density at radius 2 is 2.18 bits per heavy atom. The van der Waals surface area contributed by atoms with Crippen molar-refractivity contribution in [3.05, 3.63) is 35.5 Å².